The van der Waals surface area contributed by atoms with Crippen molar-refractivity contribution in [1.29, 1.82) is 0 Å². The summed E-state index contributed by atoms with van der Waals surface area (Å²) in [5.74, 6) is 1.48. The molecule has 0 saturated carbocycles. The van der Waals surface area contributed by atoms with Crippen LogP contribution in [-0.4, -0.2) is 18.7 Å². The van der Waals surface area contributed by atoms with Crippen LogP contribution in [0, 0.1) is 5.92 Å². The van der Waals surface area contributed by atoms with E-state index in [2.05, 4.69) is 33.0 Å². The minimum Gasteiger partial charge on any atom is -0.489 e. The Labute approximate surface area is 128 Å². The first-order chi connectivity index (χ1) is 9.62. The SMILES string of the molecule is CCCNC(C(CC)CC)C(C)Oc1cccc(Cl)c1. The molecule has 114 valence electrons. The summed E-state index contributed by atoms with van der Waals surface area (Å²) >= 11 is 6.01. The third kappa shape index (κ3) is 5.34. The van der Waals surface area contributed by atoms with Crippen LogP contribution in [0.4, 0.5) is 0 Å². The maximum absolute atomic E-state index is 6.09. The Bertz CT molecular complexity index is 379. The molecule has 1 N–H and O–H groups in total. The Morgan fingerprint density at radius 3 is 2.45 bits per heavy atom. The lowest BCUT2D eigenvalue weighted by molar-refractivity contribution is 0.130. The van der Waals surface area contributed by atoms with E-state index in [1.807, 2.05) is 24.3 Å². The summed E-state index contributed by atoms with van der Waals surface area (Å²) in [7, 11) is 0. The highest BCUT2D eigenvalue weighted by Crippen LogP contribution is 2.23. The number of benzene rings is 1. The molecule has 0 radical (unpaired) electrons. The van der Waals surface area contributed by atoms with E-state index in [4.69, 9.17) is 16.3 Å². The Kier molecular flexibility index (Phi) is 8.01. The van der Waals surface area contributed by atoms with Crippen LogP contribution in [0.2, 0.25) is 5.02 Å². The van der Waals surface area contributed by atoms with E-state index < -0.39 is 0 Å². The molecule has 0 spiro atoms. The number of rotatable bonds is 9. The fourth-order valence-corrected chi connectivity index (χ4v) is 2.83. The highest BCUT2D eigenvalue weighted by atomic mass is 35.5. The quantitative estimate of drug-likeness (QED) is 0.699. The summed E-state index contributed by atoms with van der Waals surface area (Å²) in [6.45, 7) is 9.87. The Hall–Kier alpha value is -0.730. The van der Waals surface area contributed by atoms with Crippen LogP contribution in [0.3, 0.4) is 0 Å². The van der Waals surface area contributed by atoms with Crippen LogP contribution in [0.15, 0.2) is 24.3 Å². The molecule has 20 heavy (non-hydrogen) atoms. The maximum Gasteiger partial charge on any atom is 0.121 e. The van der Waals surface area contributed by atoms with Crippen LogP contribution in [0.25, 0.3) is 0 Å². The monoisotopic (exact) mass is 297 g/mol. The van der Waals surface area contributed by atoms with Crippen LogP contribution in [0.1, 0.15) is 47.0 Å². The van der Waals surface area contributed by atoms with Gasteiger partial charge in [-0.1, -0.05) is 51.3 Å². The number of nitrogens with one attached hydrogen (secondary N) is 1. The number of ether oxygens (including phenoxy) is 1. The zero-order valence-corrected chi connectivity index (χ0v) is 13.9. The largest absolute Gasteiger partial charge is 0.489 e. The van der Waals surface area contributed by atoms with Gasteiger partial charge in [0, 0.05) is 11.1 Å². The van der Waals surface area contributed by atoms with Crippen molar-refractivity contribution in [3.63, 3.8) is 0 Å². The van der Waals surface area contributed by atoms with Crippen LogP contribution < -0.4 is 10.1 Å². The van der Waals surface area contributed by atoms with E-state index in [0.717, 1.165) is 23.7 Å². The van der Waals surface area contributed by atoms with E-state index in [0.29, 0.717) is 12.0 Å². The van der Waals surface area contributed by atoms with Gasteiger partial charge in [-0.25, -0.2) is 0 Å². The fraction of sp³-hybridized carbons (Fsp3) is 0.647. The van der Waals surface area contributed by atoms with Gasteiger partial charge in [-0.2, -0.15) is 0 Å². The van der Waals surface area contributed by atoms with Crippen molar-refractivity contribution in [2.45, 2.75) is 59.1 Å². The van der Waals surface area contributed by atoms with Crippen molar-refractivity contribution in [1.82, 2.24) is 5.32 Å². The van der Waals surface area contributed by atoms with Crippen molar-refractivity contribution in [2.24, 2.45) is 5.92 Å². The predicted molar refractivity (Wildman–Crippen MR) is 87.7 cm³/mol. The second-order valence-electron chi connectivity index (χ2n) is 5.34. The van der Waals surface area contributed by atoms with Crippen LogP contribution in [0.5, 0.6) is 5.75 Å². The molecular weight excluding hydrogens is 270 g/mol. The molecule has 0 bridgehead atoms. The average Bonchev–Trinajstić information content (AvgIpc) is 2.43. The first-order valence-electron chi connectivity index (χ1n) is 7.77. The topological polar surface area (TPSA) is 21.3 Å². The summed E-state index contributed by atoms with van der Waals surface area (Å²) in [6, 6.07) is 8.01. The molecule has 0 aromatic heterocycles. The first-order valence-corrected chi connectivity index (χ1v) is 8.15. The second kappa shape index (κ2) is 9.25. The van der Waals surface area contributed by atoms with Crippen molar-refractivity contribution < 1.29 is 4.74 Å². The fourth-order valence-electron chi connectivity index (χ4n) is 2.65. The van der Waals surface area contributed by atoms with Crippen molar-refractivity contribution >= 4 is 11.6 Å². The average molecular weight is 298 g/mol. The van der Waals surface area contributed by atoms with Gasteiger partial charge >= 0.3 is 0 Å². The molecule has 1 rings (SSSR count). The Morgan fingerprint density at radius 1 is 1.20 bits per heavy atom. The van der Waals surface area contributed by atoms with Gasteiger partial charge < -0.3 is 10.1 Å². The van der Waals surface area contributed by atoms with Gasteiger partial charge in [0.25, 0.3) is 0 Å². The summed E-state index contributed by atoms with van der Waals surface area (Å²) in [6.07, 6.45) is 3.60. The Morgan fingerprint density at radius 2 is 1.90 bits per heavy atom. The minimum atomic E-state index is 0.130. The van der Waals surface area contributed by atoms with E-state index in [1.54, 1.807) is 0 Å². The molecule has 0 saturated heterocycles. The lowest BCUT2D eigenvalue weighted by Gasteiger charge is -2.32. The summed E-state index contributed by atoms with van der Waals surface area (Å²) in [4.78, 5) is 0. The van der Waals surface area contributed by atoms with Crippen molar-refractivity contribution in [3.05, 3.63) is 29.3 Å². The third-order valence-electron chi connectivity index (χ3n) is 3.81. The molecule has 3 heteroatoms. The van der Waals surface area contributed by atoms with Crippen LogP contribution >= 0.6 is 11.6 Å². The third-order valence-corrected chi connectivity index (χ3v) is 4.05. The van der Waals surface area contributed by atoms with Gasteiger partial charge in [0.15, 0.2) is 0 Å². The molecule has 1 aromatic rings. The summed E-state index contributed by atoms with van der Waals surface area (Å²) in [5, 5.41) is 4.37. The van der Waals surface area contributed by atoms with Gasteiger partial charge in [0.05, 0.1) is 0 Å². The number of hydrogen-bond donors (Lipinski definition) is 1. The Balaban J connectivity index is 2.73. The summed E-state index contributed by atoms with van der Waals surface area (Å²) < 4.78 is 6.09. The normalized spacial score (nSPS) is 14.3. The van der Waals surface area contributed by atoms with Gasteiger partial charge in [-0.05, 0) is 44.0 Å². The molecule has 0 fully saturated rings. The standard InChI is InChI=1S/C17H28ClNO/c1-5-11-19-17(14(6-2)7-3)13(4)20-16-10-8-9-15(18)12-16/h8-10,12-14,17,19H,5-7,11H2,1-4H3. The molecule has 0 aliphatic rings. The predicted octanol–water partition coefficient (Wildman–Crippen LogP) is 4.91. The minimum absolute atomic E-state index is 0.130. The van der Waals surface area contributed by atoms with Gasteiger partial charge in [0.2, 0.25) is 0 Å². The number of hydrogen-bond acceptors (Lipinski definition) is 2. The van der Waals surface area contributed by atoms with E-state index >= 15 is 0 Å². The van der Waals surface area contributed by atoms with E-state index in [-0.39, 0.29) is 6.10 Å². The summed E-state index contributed by atoms with van der Waals surface area (Å²) in [5.41, 5.74) is 0. The van der Waals surface area contributed by atoms with Gasteiger partial charge in [0.1, 0.15) is 11.9 Å². The molecule has 1 aromatic carbocycles. The molecule has 0 heterocycles. The highest BCUT2D eigenvalue weighted by molar-refractivity contribution is 6.30. The highest BCUT2D eigenvalue weighted by Gasteiger charge is 2.25. The van der Waals surface area contributed by atoms with Crippen molar-refractivity contribution in [2.75, 3.05) is 6.54 Å². The molecule has 0 aliphatic carbocycles. The smallest absolute Gasteiger partial charge is 0.121 e. The molecule has 2 nitrogen and oxygen atoms in total. The van der Waals surface area contributed by atoms with Gasteiger partial charge in [-0.15, -0.1) is 0 Å². The zero-order chi connectivity index (χ0) is 15.0. The molecule has 2 unspecified atom stereocenters. The van der Waals surface area contributed by atoms with Crippen LogP contribution in [-0.2, 0) is 0 Å². The van der Waals surface area contributed by atoms with Gasteiger partial charge in [-0.3, -0.25) is 0 Å². The molecule has 0 aliphatic heterocycles. The maximum atomic E-state index is 6.09. The van der Waals surface area contributed by atoms with Crippen molar-refractivity contribution in [3.8, 4) is 5.75 Å². The molecule has 2 atom stereocenters. The molecule has 0 amide bonds. The number of halogens is 1. The lowest BCUT2D eigenvalue weighted by Crippen LogP contribution is -2.46. The zero-order valence-electron chi connectivity index (χ0n) is 13.2. The molecular formula is C17H28ClNO. The second-order valence-corrected chi connectivity index (χ2v) is 5.77. The van der Waals surface area contributed by atoms with E-state index in [9.17, 15) is 0 Å². The van der Waals surface area contributed by atoms with E-state index in [1.165, 1.54) is 12.8 Å². The lowest BCUT2D eigenvalue weighted by atomic mass is 9.90. The first kappa shape index (κ1) is 17.3.